The summed E-state index contributed by atoms with van der Waals surface area (Å²) in [6.45, 7) is 4.95. The Hall–Kier alpha value is -1.81. The number of benzene rings is 2. The van der Waals surface area contributed by atoms with E-state index in [4.69, 9.17) is 0 Å². The van der Waals surface area contributed by atoms with Crippen LogP contribution in [0, 0.1) is 0 Å². The Balaban J connectivity index is 2.36. The molecule has 0 radical (unpaired) electrons. The smallest absolute Gasteiger partial charge is 0.335 e. The second-order valence-electron chi connectivity index (χ2n) is 5.21. The van der Waals surface area contributed by atoms with E-state index >= 15 is 0 Å². The largest absolute Gasteiger partial charge is 0.478 e. The maximum absolute atomic E-state index is 11.2. The standard InChI is InChI=1S/C17H18BrNO2/c1-12(2)19(11-13-6-4-3-5-7-13)16-9-14(17(20)21)8-15(18)10-16/h3-10,12H,11H2,1-2H3,(H,20,21). The highest BCUT2D eigenvalue weighted by Crippen LogP contribution is 2.26. The van der Waals surface area contributed by atoms with E-state index in [1.54, 1.807) is 12.1 Å². The first-order valence-corrected chi connectivity index (χ1v) is 7.61. The molecule has 4 heteroatoms. The van der Waals surface area contributed by atoms with Crippen molar-refractivity contribution in [3.8, 4) is 0 Å². The molecule has 21 heavy (non-hydrogen) atoms. The maximum Gasteiger partial charge on any atom is 0.335 e. The topological polar surface area (TPSA) is 40.5 Å². The third-order valence-electron chi connectivity index (χ3n) is 3.28. The molecule has 0 saturated heterocycles. The molecule has 0 aliphatic carbocycles. The average molecular weight is 348 g/mol. The molecule has 0 spiro atoms. The van der Waals surface area contributed by atoms with Gasteiger partial charge >= 0.3 is 5.97 Å². The zero-order chi connectivity index (χ0) is 15.4. The molecule has 2 aromatic carbocycles. The highest BCUT2D eigenvalue weighted by Gasteiger charge is 2.14. The number of carboxylic acids is 1. The van der Waals surface area contributed by atoms with E-state index in [9.17, 15) is 9.90 Å². The second kappa shape index (κ2) is 6.76. The number of carboxylic acid groups (broad SMARTS) is 1. The van der Waals surface area contributed by atoms with E-state index in [2.05, 4.69) is 46.8 Å². The van der Waals surface area contributed by atoms with Gasteiger partial charge in [0.15, 0.2) is 0 Å². The monoisotopic (exact) mass is 347 g/mol. The van der Waals surface area contributed by atoms with Gasteiger partial charge in [-0.25, -0.2) is 4.79 Å². The highest BCUT2D eigenvalue weighted by atomic mass is 79.9. The first kappa shape index (κ1) is 15.6. The molecule has 0 aromatic heterocycles. The van der Waals surface area contributed by atoms with Gasteiger partial charge in [-0.1, -0.05) is 46.3 Å². The minimum atomic E-state index is -0.916. The fourth-order valence-corrected chi connectivity index (χ4v) is 2.70. The summed E-state index contributed by atoms with van der Waals surface area (Å²) in [5.74, 6) is -0.916. The number of hydrogen-bond acceptors (Lipinski definition) is 2. The van der Waals surface area contributed by atoms with Crippen LogP contribution >= 0.6 is 15.9 Å². The summed E-state index contributed by atoms with van der Waals surface area (Å²) in [5, 5.41) is 9.20. The Labute approximate surface area is 133 Å². The summed E-state index contributed by atoms with van der Waals surface area (Å²) >= 11 is 3.39. The van der Waals surface area contributed by atoms with E-state index in [1.165, 1.54) is 5.56 Å². The van der Waals surface area contributed by atoms with Gasteiger partial charge in [-0.3, -0.25) is 0 Å². The molecule has 1 N–H and O–H groups in total. The molecule has 0 amide bonds. The number of hydrogen-bond donors (Lipinski definition) is 1. The van der Waals surface area contributed by atoms with Crippen molar-refractivity contribution in [1.82, 2.24) is 0 Å². The van der Waals surface area contributed by atoms with Crippen LogP contribution in [0.5, 0.6) is 0 Å². The molecule has 2 rings (SSSR count). The summed E-state index contributed by atoms with van der Waals surface area (Å²) in [7, 11) is 0. The maximum atomic E-state index is 11.2. The predicted octanol–water partition coefficient (Wildman–Crippen LogP) is 4.56. The molecule has 0 heterocycles. The van der Waals surface area contributed by atoms with Crippen molar-refractivity contribution in [1.29, 1.82) is 0 Å². The number of aromatic carboxylic acids is 1. The van der Waals surface area contributed by atoms with Crippen molar-refractivity contribution in [2.24, 2.45) is 0 Å². The number of halogens is 1. The van der Waals surface area contributed by atoms with Gasteiger partial charge in [-0.05, 0) is 37.6 Å². The SMILES string of the molecule is CC(C)N(Cc1ccccc1)c1cc(Br)cc(C(=O)O)c1. The van der Waals surface area contributed by atoms with Crippen molar-refractivity contribution in [2.75, 3.05) is 4.90 Å². The molecule has 0 aliphatic rings. The lowest BCUT2D eigenvalue weighted by Gasteiger charge is -2.29. The van der Waals surface area contributed by atoms with E-state index < -0.39 is 5.97 Å². The molecule has 0 fully saturated rings. The van der Waals surface area contributed by atoms with E-state index in [-0.39, 0.29) is 11.6 Å². The van der Waals surface area contributed by atoms with Crippen LogP contribution in [0.4, 0.5) is 5.69 Å². The summed E-state index contributed by atoms with van der Waals surface area (Å²) in [6, 6.07) is 15.7. The number of nitrogens with zero attached hydrogens (tertiary/aromatic N) is 1. The Morgan fingerprint density at radius 1 is 1.19 bits per heavy atom. The van der Waals surface area contributed by atoms with Crippen molar-refractivity contribution >= 4 is 27.6 Å². The molecular weight excluding hydrogens is 330 g/mol. The number of rotatable bonds is 5. The number of anilines is 1. The van der Waals surface area contributed by atoms with E-state index in [0.29, 0.717) is 0 Å². The zero-order valence-corrected chi connectivity index (χ0v) is 13.7. The molecule has 0 saturated carbocycles. The first-order chi connectivity index (χ1) is 9.97. The molecule has 0 bridgehead atoms. The lowest BCUT2D eigenvalue weighted by Crippen LogP contribution is -2.30. The molecule has 0 aliphatic heterocycles. The predicted molar refractivity (Wildman–Crippen MR) is 88.9 cm³/mol. The quantitative estimate of drug-likeness (QED) is 0.861. The van der Waals surface area contributed by atoms with Crippen LogP contribution in [0.1, 0.15) is 29.8 Å². The molecule has 0 atom stereocenters. The Morgan fingerprint density at radius 2 is 1.86 bits per heavy atom. The molecule has 110 valence electrons. The zero-order valence-electron chi connectivity index (χ0n) is 12.1. The van der Waals surface area contributed by atoms with Crippen molar-refractivity contribution < 1.29 is 9.90 Å². The summed E-state index contributed by atoms with van der Waals surface area (Å²) in [4.78, 5) is 13.4. The average Bonchev–Trinajstić information content (AvgIpc) is 2.44. The Morgan fingerprint density at radius 3 is 2.43 bits per heavy atom. The van der Waals surface area contributed by atoms with Gasteiger partial charge in [-0.15, -0.1) is 0 Å². The van der Waals surface area contributed by atoms with Gasteiger partial charge in [0.1, 0.15) is 0 Å². The van der Waals surface area contributed by atoms with Crippen LogP contribution in [-0.2, 0) is 6.54 Å². The summed E-state index contributed by atoms with van der Waals surface area (Å²) in [5.41, 5.74) is 2.39. The fraction of sp³-hybridized carbons (Fsp3) is 0.235. The minimum Gasteiger partial charge on any atom is -0.478 e. The van der Waals surface area contributed by atoms with Crippen LogP contribution < -0.4 is 4.90 Å². The normalized spacial score (nSPS) is 10.7. The van der Waals surface area contributed by atoms with Gasteiger partial charge in [0.25, 0.3) is 0 Å². The van der Waals surface area contributed by atoms with Crippen LogP contribution in [0.25, 0.3) is 0 Å². The van der Waals surface area contributed by atoms with Gasteiger partial charge < -0.3 is 10.0 Å². The van der Waals surface area contributed by atoms with Gasteiger partial charge in [0.2, 0.25) is 0 Å². The fourth-order valence-electron chi connectivity index (χ4n) is 2.22. The van der Waals surface area contributed by atoms with Gasteiger partial charge in [0, 0.05) is 22.7 Å². The van der Waals surface area contributed by atoms with Crippen LogP contribution in [-0.4, -0.2) is 17.1 Å². The van der Waals surface area contributed by atoms with E-state index in [0.717, 1.165) is 16.7 Å². The van der Waals surface area contributed by atoms with Crippen molar-refractivity contribution in [3.63, 3.8) is 0 Å². The minimum absolute atomic E-state index is 0.265. The molecular formula is C17H18BrNO2. The molecule has 3 nitrogen and oxygen atoms in total. The Bertz CT molecular complexity index is 626. The van der Waals surface area contributed by atoms with Crippen molar-refractivity contribution in [2.45, 2.75) is 26.4 Å². The van der Waals surface area contributed by atoms with Crippen LogP contribution in [0.15, 0.2) is 53.0 Å². The van der Waals surface area contributed by atoms with Gasteiger partial charge in [-0.2, -0.15) is 0 Å². The third-order valence-corrected chi connectivity index (χ3v) is 3.74. The number of carbonyl (C=O) groups is 1. The van der Waals surface area contributed by atoms with Crippen LogP contribution in [0.3, 0.4) is 0 Å². The van der Waals surface area contributed by atoms with E-state index in [1.807, 2.05) is 24.3 Å². The molecule has 0 unspecified atom stereocenters. The van der Waals surface area contributed by atoms with Crippen LogP contribution in [0.2, 0.25) is 0 Å². The second-order valence-corrected chi connectivity index (χ2v) is 6.13. The third kappa shape index (κ3) is 4.08. The summed E-state index contributed by atoms with van der Waals surface area (Å²) < 4.78 is 0.774. The van der Waals surface area contributed by atoms with Crippen molar-refractivity contribution in [3.05, 3.63) is 64.1 Å². The lowest BCUT2D eigenvalue weighted by atomic mass is 10.1. The van der Waals surface area contributed by atoms with Gasteiger partial charge in [0.05, 0.1) is 5.56 Å². The summed E-state index contributed by atoms with van der Waals surface area (Å²) in [6.07, 6.45) is 0. The lowest BCUT2D eigenvalue weighted by molar-refractivity contribution is 0.0697. The Kier molecular flexibility index (Phi) is 5.02. The highest BCUT2D eigenvalue weighted by molar-refractivity contribution is 9.10. The first-order valence-electron chi connectivity index (χ1n) is 6.82. The molecule has 2 aromatic rings.